The van der Waals surface area contributed by atoms with E-state index in [-0.39, 0.29) is 24.3 Å². The summed E-state index contributed by atoms with van der Waals surface area (Å²) in [6.45, 7) is 1.46. The second-order valence-corrected chi connectivity index (χ2v) is 6.09. The normalized spacial score (nSPS) is 12.2. The largest absolute Gasteiger partial charge is 0.530 e. The predicted octanol–water partition coefficient (Wildman–Crippen LogP) is 3.11. The molecule has 0 aliphatic rings. The van der Waals surface area contributed by atoms with Gasteiger partial charge in [-0.3, -0.25) is 4.79 Å². The third kappa shape index (κ3) is 6.09. The maximum Gasteiger partial charge on any atom is 0.418 e. The van der Waals surface area contributed by atoms with Crippen LogP contribution in [0.3, 0.4) is 0 Å². The van der Waals surface area contributed by atoms with E-state index in [4.69, 9.17) is 0 Å². The molecule has 0 aliphatic carbocycles. The summed E-state index contributed by atoms with van der Waals surface area (Å²) in [5.74, 6) is -1.32. The zero-order valence-electron chi connectivity index (χ0n) is 15.3. The van der Waals surface area contributed by atoms with Crippen molar-refractivity contribution in [2.45, 2.75) is 32.1 Å². The van der Waals surface area contributed by atoms with E-state index in [9.17, 15) is 32.3 Å². The van der Waals surface area contributed by atoms with Gasteiger partial charge < -0.3 is 25.9 Å². The third-order valence-corrected chi connectivity index (χ3v) is 4.03. The van der Waals surface area contributed by atoms with Gasteiger partial charge in [-0.05, 0) is 36.2 Å². The number of para-hydroxylation sites is 1. The Kier molecular flexibility index (Phi) is 7.03. The number of carboxylic acid groups (broad SMARTS) is 1. The standard InChI is InChI=1S/C19H19F4N3O3/c1-2-14(26-18(28)29)17(27)25-15-5-3-4-13(19(21,22)23)16(15)24-10-11-6-8-12(20)9-7-11/h3-9,14,24,26H,2,10H2,1H3,(H,25,27)(H,28,29)/p-1. The number of hydrogen-bond donors (Lipinski definition) is 3. The number of anilines is 2. The highest BCUT2D eigenvalue weighted by Gasteiger charge is 2.35. The number of carbonyl (C=O) groups excluding carboxylic acids is 2. The topological polar surface area (TPSA) is 93.3 Å². The van der Waals surface area contributed by atoms with Crippen LogP contribution in [-0.4, -0.2) is 18.0 Å². The lowest BCUT2D eigenvalue weighted by molar-refractivity contribution is -0.251. The minimum Gasteiger partial charge on any atom is -0.530 e. The van der Waals surface area contributed by atoms with E-state index in [1.807, 2.05) is 5.32 Å². The Morgan fingerprint density at radius 3 is 2.31 bits per heavy atom. The van der Waals surface area contributed by atoms with Gasteiger partial charge in [0.15, 0.2) is 0 Å². The monoisotopic (exact) mass is 412 g/mol. The van der Waals surface area contributed by atoms with Crippen LogP contribution in [0.25, 0.3) is 0 Å². The Morgan fingerprint density at radius 1 is 1.10 bits per heavy atom. The van der Waals surface area contributed by atoms with E-state index >= 15 is 0 Å². The van der Waals surface area contributed by atoms with Gasteiger partial charge in [-0.25, -0.2) is 4.39 Å². The minimum atomic E-state index is -4.71. The Labute approximate surface area is 163 Å². The molecule has 0 aromatic heterocycles. The van der Waals surface area contributed by atoms with Gasteiger partial charge in [-0.15, -0.1) is 0 Å². The molecule has 2 aromatic carbocycles. The van der Waals surface area contributed by atoms with Crippen molar-refractivity contribution in [1.29, 1.82) is 0 Å². The van der Waals surface area contributed by atoms with Gasteiger partial charge >= 0.3 is 6.18 Å². The Bertz CT molecular complexity index is 870. The Morgan fingerprint density at radius 2 is 1.76 bits per heavy atom. The predicted molar refractivity (Wildman–Crippen MR) is 96.4 cm³/mol. The van der Waals surface area contributed by atoms with Gasteiger partial charge in [-0.2, -0.15) is 13.2 Å². The van der Waals surface area contributed by atoms with Crippen molar-refractivity contribution in [3.63, 3.8) is 0 Å². The molecule has 0 heterocycles. The molecule has 1 atom stereocenters. The molecule has 6 nitrogen and oxygen atoms in total. The lowest BCUT2D eigenvalue weighted by atomic mass is 10.1. The highest BCUT2D eigenvalue weighted by atomic mass is 19.4. The number of hydrogen-bond acceptors (Lipinski definition) is 4. The lowest BCUT2D eigenvalue weighted by Crippen LogP contribution is -2.48. The molecular formula is C19H18F4N3O3-. The fourth-order valence-electron chi connectivity index (χ4n) is 2.59. The van der Waals surface area contributed by atoms with Crippen LogP contribution in [0, 0.1) is 5.82 Å². The molecule has 0 bridgehead atoms. The fraction of sp³-hybridized carbons (Fsp3) is 0.263. The van der Waals surface area contributed by atoms with E-state index in [2.05, 4.69) is 10.6 Å². The van der Waals surface area contributed by atoms with Crippen molar-refractivity contribution in [2.75, 3.05) is 10.6 Å². The molecule has 0 fully saturated rings. The molecule has 29 heavy (non-hydrogen) atoms. The first-order chi connectivity index (χ1) is 13.6. The molecular weight excluding hydrogens is 394 g/mol. The van der Waals surface area contributed by atoms with Crippen LogP contribution in [0.15, 0.2) is 42.5 Å². The van der Waals surface area contributed by atoms with Crippen molar-refractivity contribution in [3.05, 3.63) is 59.4 Å². The van der Waals surface area contributed by atoms with E-state index in [0.717, 1.165) is 12.1 Å². The molecule has 1 unspecified atom stereocenters. The number of carbonyl (C=O) groups is 2. The Hall–Kier alpha value is -3.30. The van der Waals surface area contributed by atoms with Crippen LogP contribution in [0.1, 0.15) is 24.5 Å². The molecule has 0 aliphatic heterocycles. The molecule has 0 saturated carbocycles. The molecule has 2 amide bonds. The number of amides is 2. The first-order valence-corrected chi connectivity index (χ1v) is 8.58. The summed E-state index contributed by atoms with van der Waals surface area (Å²) in [4.78, 5) is 23.0. The van der Waals surface area contributed by atoms with Crippen LogP contribution in [0.5, 0.6) is 0 Å². The highest BCUT2D eigenvalue weighted by Crippen LogP contribution is 2.39. The van der Waals surface area contributed by atoms with E-state index in [1.165, 1.54) is 37.3 Å². The molecule has 10 heteroatoms. The van der Waals surface area contributed by atoms with E-state index in [1.54, 1.807) is 0 Å². The summed E-state index contributed by atoms with van der Waals surface area (Å²) in [7, 11) is 0. The summed E-state index contributed by atoms with van der Waals surface area (Å²) < 4.78 is 53.3. The SMILES string of the molecule is CCC(NC(=O)[O-])C(=O)Nc1cccc(C(F)(F)F)c1NCc1ccc(F)cc1. The second kappa shape index (κ2) is 9.26. The van der Waals surface area contributed by atoms with Crippen molar-refractivity contribution < 1.29 is 32.3 Å². The van der Waals surface area contributed by atoms with Crippen molar-refractivity contribution in [3.8, 4) is 0 Å². The van der Waals surface area contributed by atoms with Gasteiger partial charge in [0, 0.05) is 6.54 Å². The number of nitrogens with one attached hydrogen (secondary N) is 3. The lowest BCUT2D eigenvalue weighted by Gasteiger charge is -2.22. The molecule has 0 spiro atoms. The first kappa shape index (κ1) is 22.0. The van der Waals surface area contributed by atoms with Crippen molar-refractivity contribution in [2.24, 2.45) is 0 Å². The summed E-state index contributed by atoms with van der Waals surface area (Å²) >= 11 is 0. The van der Waals surface area contributed by atoms with Crippen LogP contribution in [0.2, 0.25) is 0 Å². The molecule has 2 rings (SSSR count). The number of rotatable bonds is 7. The first-order valence-electron chi connectivity index (χ1n) is 8.58. The molecule has 0 saturated heterocycles. The quantitative estimate of drug-likeness (QED) is 0.610. The van der Waals surface area contributed by atoms with Crippen LogP contribution >= 0.6 is 0 Å². The van der Waals surface area contributed by atoms with Gasteiger partial charge in [0.05, 0.1) is 16.9 Å². The zero-order valence-corrected chi connectivity index (χ0v) is 15.3. The van der Waals surface area contributed by atoms with E-state index < -0.39 is 35.6 Å². The molecule has 0 radical (unpaired) electrons. The number of alkyl halides is 3. The van der Waals surface area contributed by atoms with E-state index in [0.29, 0.717) is 5.56 Å². The van der Waals surface area contributed by atoms with Crippen LogP contribution in [0.4, 0.5) is 33.7 Å². The molecule has 2 aromatic rings. The summed E-state index contributed by atoms with van der Waals surface area (Å²) in [6.07, 6.45) is -6.32. The molecule has 3 N–H and O–H groups in total. The van der Waals surface area contributed by atoms with Crippen LogP contribution < -0.4 is 21.1 Å². The average molecular weight is 412 g/mol. The maximum atomic E-state index is 13.4. The van der Waals surface area contributed by atoms with Gasteiger partial charge in [0.2, 0.25) is 5.91 Å². The second-order valence-electron chi connectivity index (χ2n) is 6.09. The number of benzene rings is 2. The maximum absolute atomic E-state index is 13.4. The van der Waals surface area contributed by atoms with Gasteiger partial charge in [-0.1, -0.05) is 25.1 Å². The average Bonchev–Trinajstić information content (AvgIpc) is 2.65. The molecule has 156 valence electrons. The smallest absolute Gasteiger partial charge is 0.418 e. The number of halogens is 4. The zero-order chi connectivity index (χ0) is 21.6. The Balaban J connectivity index is 2.32. The van der Waals surface area contributed by atoms with Crippen molar-refractivity contribution >= 4 is 23.4 Å². The summed E-state index contributed by atoms with van der Waals surface area (Å²) in [5, 5.41) is 17.5. The van der Waals surface area contributed by atoms with Crippen LogP contribution in [-0.2, 0) is 17.5 Å². The highest BCUT2D eigenvalue weighted by molar-refractivity contribution is 5.99. The van der Waals surface area contributed by atoms with Gasteiger partial charge in [0.25, 0.3) is 0 Å². The fourth-order valence-corrected chi connectivity index (χ4v) is 2.59. The van der Waals surface area contributed by atoms with Gasteiger partial charge in [0.1, 0.15) is 18.0 Å². The minimum absolute atomic E-state index is 0.0647. The summed E-state index contributed by atoms with van der Waals surface area (Å²) in [6, 6.07) is 7.19. The third-order valence-electron chi connectivity index (χ3n) is 4.03. The summed E-state index contributed by atoms with van der Waals surface area (Å²) in [5.41, 5.74) is -1.06. The van der Waals surface area contributed by atoms with Crippen molar-refractivity contribution in [1.82, 2.24) is 5.32 Å².